The molecule has 0 fully saturated rings. The van der Waals surface area contributed by atoms with Crippen molar-refractivity contribution in [1.82, 2.24) is 4.98 Å². The molecule has 2 N–H and O–H groups in total. The summed E-state index contributed by atoms with van der Waals surface area (Å²) in [6.45, 7) is 0. The van der Waals surface area contributed by atoms with Crippen molar-refractivity contribution in [1.29, 1.82) is 0 Å². The first-order valence-electron chi connectivity index (χ1n) is 4.84. The number of para-hydroxylation sites is 1. The number of benzene rings is 1. The number of hydrogen-bond acceptors (Lipinski definition) is 3. The van der Waals surface area contributed by atoms with Gasteiger partial charge >= 0.3 is 0 Å². The quantitative estimate of drug-likeness (QED) is 0.908. The second-order valence-corrected chi connectivity index (χ2v) is 3.68. The van der Waals surface area contributed by atoms with Gasteiger partial charge in [0, 0.05) is 6.20 Å². The van der Waals surface area contributed by atoms with Crippen LogP contribution in [0.5, 0.6) is 11.5 Å². The van der Waals surface area contributed by atoms with Gasteiger partial charge in [-0.3, -0.25) is 9.78 Å². The van der Waals surface area contributed by atoms with Crippen molar-refractivity contribution in [3.8, 4) is 11.5 Å². The number of ether oxygens (including phenoxy) is 1. The zero-order valence-electron chi connectivity index (χ0n) is 8.76. The van der Waals surface area contributed by atoms with E-state index in [4.69, 9.17) is 22.1 Å². The lowest BCUT2D eigenvalue weighted by molar-refractivity contribution is 0.0998. The van der Waals surface area contributed by atoms with Crippen LogP contribution in [0.15, 0.2) is 42.7 Å². The van der Waals surface area contributed by atoms with Gasteiger partial charge < -0.3 is 10.5 Å². The van der Waals surface area contributed by atoms with Crippen LogP contribution in [0, 0.1) is 0 Å². The topological polar surface area (TPSA) is 65.2 Å². The SMILES string of the molecule is NC(=O)c1ccccc1Oc1cnccc1Cl. The molecule has 0 spiro atoms. The van der Waals surface area contributed by atoms with E-state index in [-0.39, 0.29) is 0 Å². The number of hydrogen-bond donors (Lipinski definition) is 1. The zero-order valence-corrected chi connectivity index (χ0v) is 9.52. The van der Waals surface area contributed by atoms with Crippen LogP contribution in [-0.4, -0.2) is 10.9 Å². The summed E-state index contributed by atoms with van der Waals surface area (Å²) in [5.74, 6) is 0.179. The Balaban J connectivity index is 2.37. The Hall–Kier alpha value is -2.07. The van der Waals surface area contributed by atoms with E-state index in [1.807, 2.05) is 0 Å². The smallest absolute Gasteiger partial charge is 0.252 e. The Labute approximate surface area is 103 Å². The first-order valence-corrected chi connectivity index (χ1v) is 5.22. The minimum atomic E-state index is -0.555. The molecule has 0 aliphatic rings. The lowest BCUT2D eigenvalue weighted by atomic mass is 10.2. The molecule has 17 heavy (non-hydrogen) atoms. The predicted octanol–water partition coefficient (Wildman–Crippen LogP) is 2.63. The molecule has 0 saturated carbocycles. The molecule has 4 nitrogen and oxygen atoms in total. The third-order valence-corrected chi connectivity index (χ3v) is 2.42. The fourth-order valence-corrected chi connectivity index (χ4v) is 1.46. The Kier molecular flexibility index (Phi) is 3.25. The van der Waals surface area contributed by atoms with Crippen molar-refractivity contribution in [2.75, 3.05) is 0 Å². The highest BCUT2D eigenvalue weighted by molar-refractivity contribution is 6.32. The number of carbonyl (C=O) groups excluding carboxylic acids is 1. The number of aromatic nitrogens is 1. The van der Waals surface area contributed by atoms with Gasteiger partial charge in [-0.25, -0.2) is 0 Å². The highest BCUT2D eigenvalue weighted by Gasteiger charge is 2.10. The zero-order chi connectivity index (χ0) is 12.3. The summed E-state index contributed by atoms with van der Waals surface area (Å²) in [7, 11) is 0. The third kappa shape index (κ3) is 2.54. The summed E-state index contributed by atoms with van der Waals surface area (Å²) in [6.07, 6.45) is 3.02. The van der Waals surface area contributed by atoms with Gasteiger partial charge in [-0.05, 0) is 18.2 Å². The second kappa shape index (κ2) is 4.84. The van der Waals surface area contributed by atoms with Crippen molar-refractivity contribution in [3.63, 3.8) is 0 Å². The average Bonchev–Trinajstić information content (AvgIpc) is 2.32. The first-order chi connectivity index (χ1) is 8.18. The van der Waals surface area contributed by atoms with Crippen molar-refractivity contribution >= 4 is 17.5 Å². The van der Waals surface area contributed by atoms with Gasteiger partial charge in [0.1, 0.15) is 5.75 Å². The normalized spacial score (nSPS) is 9.94. The summed E-state index contributed by atoms with van der Waals surface area (Å²) in [5, 5.41) is 0.416. The van der Waals surface area contributed by atoms with Crippen LogP contribution in [0.3, 0.4) is 0 Å². The van der Waals surface area contributed by atoms with Crippen LogP contribution in [0.1, 0.15) is 10.4 Å². The molecule has 0 atom stereocenters. The van der Waals surface area contributed by atoms with Crippen molar-refractivity contribution in [3.05, 3.63) is 53.3 Å². The minimum Gasteiger partial charge on any atom is -0.453 e. The lowest BCUT2D eigenvalue weighted by Crippen LogP contribution is -2.12. The highest BCUT2D eigenvalue weighted by Crippen LogP contribution is 2.29. The molecule has 0 unspecified atom stereocenters. The molecule has 2 rings (SSSR count). The monoisotopic (exact) mass is 248 g/mol. The molecule has 2 aromatic rings. The van der Waals surface area contributed by atoms with E-state index in [1.54, 1.807) is 36.5 Å². The Morgan fingerprint density at radius 3 is 2.71 bits per heavy atom. The molecule has 5 heteroatoms. The summed E-state index contributed by atoms with van der Waals surface area (Å²) < 4.78 is 5.51. The van der Waals surface area contributed by atoms with E-state index in [0.717, 1.165) is 0 Å². The number of primary amides is 1. The molecule has 0 aliphatic carbocycles. The Morgan fingerprint density at radius 1 is 1.24 bits per heavy atom. The Bertz CT molecular complexity index is 558. The van der Waals surface area contributed by atoms with Crippen molar-refractivity contribution < 1.29 is 9.53 Å². The third-order valence-electron chi connectivity index (χ3n) is 2.11. The van der Waals surface area contributed by atoms with Crippen LogP contribution < -0.4 is 10.5 Å². The van der Waals surface area contributed by atoms with Crippen LogP contribution in [-0.2, 0) is 0 Å². The van der Waals surface area contributed by atoms with Gasteiger partial charge in [-0.1, -0.05) is 23.7 Å². The molecule has 0 aliphatic heterocycles. The Morgan fingerprint density at radius 2 is 2.00 bits per heavy atom. The minimum absolute atomic E-state index is 0.299. The summed E-state index contributed by atoms with van der Waals surface area (Å²) >= 11 is 5.92. The summed E-state index contributed by atoms with van der Waals surface area (Å²) in [6, 6.07) is 8.28. The summed E-state index contributed by atoms with van der Waals surface area (Å²) in [5.41, 5.74) is 5.54. The van der Waals surface area contributed by atoms with Crippen LogP contribution in [0.25, 0.3) is 0 Å². The number of nitrogens with zero attached hydrogens (tertiary/aromatic N) is 1. The predicted molar refractivity (Wildman–Crippen MR) is 64.3 cm³/mol. The molecule has 1 heterocycles. The van der Waals surface area contributed by atoms with E-state index < -0.39 is 5.91 Å². The standard InChI is InChI=1S/C12H9ClN2O2/c13-9-5-6-15-7-11(9)17-10-4-2-1-3-8(10)12(14)16/h1-7H,(H2,14,16). The largest absolute Gasteiger partial charge is 0.453 e. The summed E-state index contributed by atoms with van der Waals surface area (Å²) in [4.78, 5) is 15.1. The first kappa shape index (κ1) is 11.4. The van der Waals surface area contributed by atoms with Gasteiger partial charge in [-0.2, -0.15) is 0 Å². The van der Waals surface area contributed by atoms with Gasteiger partial charge in [0.05, 0.1) is 16.8 Å². The maximum Gasteiger partial charge on any atom is 0.252 e. The number of pyridine rings is 1. The van der Waals surface area contributed by atoms with E-state index in [0.29, 0.717) is 22.1 Å². The number of rotatable bonds is 3. The van der Waals surface area contributed by atoms with Gasteiger partial charge in [0.2, 0.25) is 0 Å². The molecule has 1 amide bonds. The van der Waals surface area contributed by atoms with Crippen LogP contribution >= 0.6 is 11.6 Å². The number of amides is 1. The van der Waals surface area contributed by atoms with Crippen molar-refractivity contribution in [2.24, 2.45) is 5.73 Å². The maximum absolute atomic E-state index is 11.2. The second-order valence-electron chi connectivity index (χ2n) is 3.27. The van der Waals surface area contributed by atoms with E-state index >= 15 is 0 Å². The average molecular weight is 249 g/mol. The number of halogens is 1. The molecule has 0 bridgehead atoms. The molecule has 1 aromatic carbocycles. The molecule has 1 aromatic heterocycles. The molecular formula is C12H9ClN2O2. The molecular weight excluding hydrogens is 240 g/mol. The van der Waals surface area contributed by atoms with Gasteiger partial charge in [-0.15, -0.1) is 0 Å². The van der Waals surface area contributed by atoms with E-state index in [9.17, 15) is 4.79 Å². The number of carbonyl (C=O) groups is 1. The van der Waals surface area contributed by atoms with Gasteiger partial charge in [0.15, 0.2) is 5.75 Å². The van der Waals surface area contributed by atoms with Gasteiger partial charge in [0.25, 0.3) is 5.91 Å². The molecule has 0 radical (unpaired) electrons. The van der Waals surface area contributed by atoms with E-state index in [2.05, 4.69) is 4.98 Å². The fourth-order valence-electron chi connectivity index (χ4n) is 1.32. The maximum atomic E-state index is 11.2. The van der Waals surface area contributed by atoms with Crippen molar-refractivity contribution in [2.45, 2.75) is 0 Å². The highest BCUT2D eigenvalue weighted by atomic mass is 35.5. The van der Waals surface area contributed by atoms with E-state index in [1.165, 1.54) is 6.20 Å². The molecule has 0 saturated heterocycles. The van der Waals surface area contributed by atoms with Crippen LogP contribution in [0.2, 0.25) is 5.02 Å². The fraction of sp³-hybridized carbons (Fsp3) is 0. The lowest BCUT2D eigenvalue weighted by Gasteiger charge is -2.09. The molecule has 86 valence electrons. The number of nitrogens with two attached hydrogens (primary N) is 1. The van der Waals surface area contributed by atoms with Crippen LogP contribution in [0.4, 0.5) is 0 Å².